The maximum absolute atomic E-state index is 5.79. The van der Waals surface area contributed by atoms with Gasteiger partial charge in [0.05, 0.1) is 0 Å². The van der Waals surface area contributed by atoms with Gasteiger partial charge in [0.25, 0.3) is 0 Å². The van der Waals surface area contributed by atoms with Crippen molar-refractivity contribution in [1.82, 2.24) is 9.88 Å². The first-order valence-electron chi connectivity index (χ1n) is 5.38. The zero-order chi connectivity index (χ0) is 10.7. The molecule has 0 bridgehead atoms. The summed E-state index contributed by atoms with van der Waals surface area (Å²) in [6.07, 6.45) is 1.87. The average Bonchev–Trinajstić information content (AvgIpc) is 2.71. The Morgan fingerprint density at radius 3 is 2.73 bits per heavy atom. The first-order valence-corrected chi connectivity index (χ1v) is 6.26. The standard InChI is InChI=1S/C10H18N4S/c1-9(11)8-13-3-5-14(6-4-13)10-12-2-7-15-10/h2,7,9H,3-6,8,11H2,1H3/t9-/m0/s1. The molecule has 2 N–H and O–H groups in total. The molecule has 0 amide bonds. The fourth-order valence-electron chi connectivity index (χ4n) is 1.90. The molecular formula is C10H18N4S. The fourth-order valence-corrected chi connectivity index (χ4v) is 2.60. The summed E-state index contributed by atoms with van der Waals surface area (Å²) >= 11 is 1.72. The summed E-state index contributed by atoms with van der Waals surface area (Å²) in [6, 6.07) is 0.274. The summed E-state index contributed by atoms with van der Waals surface area (Å²) in [4.78, 5) is 9.10. The van der Waals surface area contributed by atoms with E-state index in [1.54, 1.807) is 11.3 Å². The van der Waals surface area contributed by atoms with E-state index in [4.69, 9.17) is 5.73 Å². The molecule has 0 aromatic carbocycles. The predicted octanol–water partition coefficient (Wildman–Crippen LogP) is 0.612. The molecule has 2 heterocycles. The zero-order valence-electron chi connectivity index (χ0n) is 9.09. The second-order valence-corrected chi connectivity index (χ2v) is 4.95. The van der Waals surface area contributed by atoms with Crippen LogP contribution < -0.4 is 10.6 Å². The fraction of sp³-hybridized carbons (Fsp3) is 0.700. The molecule has 2 rings (SSSR count). The van der Waals surface area contributed by atoms with Crippen molar-refractivity contribution in [2.24, 2.45) is 5.73 Å². The lowest BCUT2D eigenvalue weighted by Crippen LogP contribution is -2.49. The molecule has 1 aromatic heterocycles. The van der Waals surface area contributed by atoms with Crippen molar-refractivity contribution >= 4 is 16.5 Å². The van der Waals surface area contributed by atoms with Gasteiger partial charge >= 0.3 is 0 Å². The van der Waals surface area contributed by atoms with Crippen molar-refractivity contribution in [3.8, 4) is 0 Å². The highest BCUT2D eigenvalue weighted by Crippen LogP contribution is 2.18. The van der Waals surface area contributed by atoms with Crippen LogP contribution in [-0.4, -0.2) is 48.6 Å². The molecule has 1 aliphatic heterocycles. The van der Waals surface area contributed by atoms with E-state index in [0.717, 1.165) is 37.9 Å². The Balaban J connectivity index is 1.82. The third-order valence-electron chi connectivity index (χ3n) is 2.61. The van der Waals surface area contributed by atoms with Crippen molar-refractivity contribution in [2.45, 2.75) is 13.0 Å². The summed E-state index contributed by atoms with van der Waals surface area (Å²) in [7, 11) is 0. The van der Waals surface area contributed by atoms with Gasteiger partial charge in [-0.05, 0) is 6.92 Å². The minimum absolute atomic E-state index is 0.274. The average molecular weight is 226 g/mol. The maximum Gasteiger partial charge on any atom is 0.185 e. The van der Waals surface area contributed by atoms with Crippen LogP contribution >= 0.6 is 11.3 Å². The molecular weight excluding hydrogens is 208 g/mol. The van der Waals surface area contributed by atoms with E-state index >= 15 is 0 Å². The van der Waals surface area contributed by atoms with Crippen LogP contribution in [0.1, 0.15) is 6.92 Å². The van der Waals surface area contributed by atoms with Crippen LogP contribution in [0.15, 0.2) is 11.6 Å². The molecule has 1 aliphatic rings. The molecule has 84 valence electrons. The number of nitrogens with zero attached hydrogens (tertiary/aromatic N) is 3. The molecule has 0 spiro atoms. The second-order valence-electron chi connectivity index (χ2n) is 4.08. The normalized spacial score (nSPS) is 20.5. The Morgan fingerprint density at radius 2 is 2.20 bits per heavy atom. The van der Waals surface area contributed by atoms with E-state index in [0.29, 0.717) is 0 Å². The van der Waals surface area contributed by atoms with E-state index in [9.17, 15) is 0 Å². The molecule has 1 fully saturated rings. The number of aromatic nitrogens is 1. The second kappa shape index (κ2) is 4.92. The van der Waals surface area contributed by atoms with Crippen LogP contribution in [0.25, 0.3) is 0 Å². The summed E-state index contributed by atoms with van der Waals surface area (Å²) < 4.78 is 0. The Kier molecular flexibility index (Phi) is 3.56. The monoisotopic (exact) mass is 226 g/mol. The molecule has 5 heteroatoms. The molecule has 4 nitrogen and oxygen atoms in total. The van der Waals surface area contributed by atoms with E-state index in [1.165, 1.54) is 0 Å². The van der Waals surface area contributed by atoms with Crippen molar-refractivity contribution in [1.29, 1.82) is 0 Å². The van der Waals surface area contributed by atoms with Crippen LogP contribution in [0.3, 0.4) is 0 Å². The SMILES string of the molecule is C[C@H](N)CN1CCN(c2nccs2)CC1. The molecule has 1 atom stereocenters. The number of piperazine rings is 1. The Morgan fingerprint density at radius 1 is 1.47 bits per heavy atom. The number of anilines is 1. The van der Waals surface area contributed by atoms with Crippen molar-refractivity contribution in [3.63, 3.8) is 0 Å². The van der Waals surface area contributed by atoms with Gasteiger partial charge in [0.2, 0.25) is 0 Å². The van der Waals surface area contributed by atoms with Crippen LogP contribution in [0, 0.1) is 0 Å². The summed E-state index contributed by atoms with van der Waals surface area (Å²) in [5.41, 5.74) is 5.79. The van der Waals surface area contributed by atoms with E-state index in [1.807, 2.05) is 11.6 Å². The van der Waals surface area contributed by atoms with Gasteiger partial charge < -0.3 is 10.6 Å². The lowest BCUT2D eigenvalue weighted by atomic mass is 10.2. The molecule has 1 saturated heterocycles. The summed E-state index contributed by atoms with van der Waals surface area (Å²) in [5, 5.41) is 3.18. The van der Waals surface area contributed by atoms with E-state index < -0.39 is 0 Å². The number of thiazole rings is 1. The van der Waals surface area contributed by atoms with Crippen molar-refractivity contribution < 1.29 is 0 Å². The smallest absolute Gasteiger partial charge is 0.185 e. The van der Waals surface area contributed by atoms with Gasteiger partial charge in [0.15, 0.2) is 5.13 Å². The zero-order valence-corrected chi connectivity index (χ0v) is 9.91. The predicted molar refractivity (Wildman–Crippen MR) is 64.4 cm³/mol. The van der Waals surface area contributed by atoms with Crippen molar-refractivity contribution in [3.05, 3.63) is 11.6 Å². The van der Waals surface area contributed by atoms with Crippen LogP contribution in [0.4, 0.5) is 5.13 Å². The van der Waals surface area contributed by atoms with Crippen LogP contribution in [-0.2, 0) is 0 Å². The number of hydrogen-bond acceptors (Lipinski definition) is 5. The lowest BCUT2D eigenvalue weighted by molar-refractivity contribution is 0.247. The van der Waals surface area contributed by atoms with Gasteiger partial charge in [0, 0.05) is 50.3 Å². The lowest BCUT2D eigenvalue weighted by Gasteiger charge is -2.35. The first kappa shape index (κ1) is 10.9. The quantitative estimate of drug-likeness (QED) is 0.820. The molecule has 1 aromatic rings. The molecule has 15 heavy (non-hydrogen) atoms. The maximum atomic E-state index is 5.79. The topological polar surface area (TPSA) is 45.4 Å². The molecule has 0 aliphatic carbocycles. The van der Waals surface area contributed by atoms with Gasteiger partial charge in [-0.15, -0.1) is 11.3 Å². The minimum Gasteiger partial charge on any atom is -0.346 e. The Labute approximate surface area is 94.7 Å². The summed E-state index contributed by atoms with van der Waals surface area (Å²) in [6.45, 7) is 7.40. The van der Waals surface area contributed by atoms with E-state index in [2.05, 4.69) is 21.7 Å². The van der Waals surface area contributed by atoms with Crippen LogP contribution in [0.5, 0.6) is 0 Å². The van der Waals surface area contributed by atoms with Gasteiger partial charge in [-0.25, -0.2) is 4.98 Å². The highest BCUT2D eigenvalue weighted by molar-refractivity contribution is 7.13. The Hall–Kier alpha value is -0.650. The number of rotatable bonds is 3. The third-order valence-corrected chi connectivity index (χ3v) is 3.44. The number of nitrogens with two attached hydrogens (primary N) is 1. The third kappa shape index (κ3) is 2.90. The molecule has 0 saturated carbocycles. The highest BCUT2D eigenvalue weighted by Gasteiger charge is 2.18. The molecule has 0 unspecified atom stereocenters. The van der Waals surface area contributed by atoms with Gasteiger partial charge in [-0.3, -0.25) is 4.90 Å². The van der Waals surface area contributed by atoms with Gasteiger partial charge in [0.1, 0.15) is 0 Å². The number of hydrogen-bond donors (Lipinski definition) is 1. The van der Waals surface area contributed by atoms with Crippen molar-refractivity contribution in [2.75, 3.05) is 37.6 Å². The van der Waals surface area contributed by atoms with E-state index in [-0.39, 0.29) is 6.04 Å². The van der Waals surface area contributed by atoms with Gasteiger partial charge in [-0.1, -0.05) is 0 Å². The largest absolute Gasteiger partial charge is 0.346 e. The van der Waals surface area contributed by atoms with Crippen LogP contribution in [0.2, 0.25) is 0 Å². The van der Waals surface area contributed by atoms with Gasteiger partial charge in [-0.2, -0.15) is 0 Å². The Bertz CT molecular complexity index is 278. The summed E-state index contributed by atoms with van der Waals surface area (Å²) in [5.74, 6) is 0. The first-order chi connectivity index (χ1) is 7.25. The molecule has 0 radical (unpaired) electrons. The highest BCUT2D eigenvalue weighted by atomic mass is 32.1. The minimum atomic E-state index is 0.274.